The van der Waals surface area contributed by atoms with Crippen molar-refractivity contribution in [2.45, 2.75) is 13.0 Å². The Morgan fingerprint density at radius 1 is 1.26 bits per heavy atom. The van der Waals surface area contributed by atoms with Crippen molar-refractivity contribution in [1.82, 2.24) is 0 Å². The summed E-state index contributed by atoms with van der Waals surface area (Å²) in [5, 5.41) is 13.3. The van der Waals surface area contributed by atoms with Gasteiger partial charge in [0.2, 0.25) is 0 Å². The molecule has 3 rings (SSSR count). The van der Waals surface area contributed by atoms with Crippen molar-refractivity contribution in [1.29, 1.82) is 0 Å². The Hall–Kier alpha value is -2.46. The largest absolute Gasteiger partial charge is 0.466 e. The quantitative estimate of drug-likeness (QED) is 0.590. The molecule has 0 spiro atoms. The number of benzene rings is 2. The standard InChI is InChI=1S/C17H15ClN2O6S/c18-12-5-6-14-15(19-26-27(23,24)25)7-8-20(16(14)9-12)17(22)13-4-2-1-3-11(13)10-21/h1-6,9,21H,7-8,10H2,(H,23,24,25)/b19-15+. The molecule has 10 heteroatoms. The maximum absolute atomic E-state index is 13.0. The second-order valence-corrected chi connectivity index (χ2v) is 7.16. The summed E-state index contributed by atoms with van der Waals surface area (Å²) in [5.41, 5.74) is 1.95. The van der Waals surface area contributed by atoms with Gasteiger partial charge in [-0.05, 0) is 29.8 Å². The van der Waals surface area contributed by atoms with Gasteiger partial charge in [-0.25, -0.2) is 4.28 Å². The third-order valence-electron chi connectivity index (χ3n) is 4.04. The number of aliphatic hydroxyl groups is 1. The van der Waals surface area contributed by atoms with Crippen molar-refractivity contribution in [3.63, 3.8) is 0 Å². The normalized spacial score (nSPS) is 15.5. The molecule has 8 nitrogen and oxygen atoms in total. The molecular formula is C17H15ClN2O6S. The Kier molecular flexibility index (Phi) is 5.47. The highest BCUT2D eigenvalue weighted by Gasteiger charge is 2.29. The SMILES string of the molecule is O=C(c1ccccc1CO)N1CC/C(=N\OS(=O)(=O)O)c2ccc(Cl)cc21. The van der Waals surface area contributed by atoms with E-state index in [1.807, 2.05) is 0 Å². The Balaban J connectivity index is 2.04. The van der Waals surface area contributed by atoms with E-state index in [0.717, 1.165) is 0 Å². The molecule has 2 N–H and O–H groups in total. The highest BCUT2D eigenvalue weighted by molar-refractivity contribution is 7.80. The van der Waals surface area contributed by atoms with Crippen LogP contribution in [0.5, 0.6) is 0 Å². The predicted molar refractivity (Wildman–Crippen MR) is 99.3 cm³/mol. The van der Waals surface area contributed by atoms with Crippen LogP contribution in [0.4, 0.5) is 5.69 Å². The monoisotopic (exact) mass is 410 g/mol. The van der Waals surface area contributed by atoms with Crippen molar-refractivity contribution in [3.8, 4) is 0 Å². The maximum atomic E-state index is 13.0. The first-order valence-electron chi connectivity index (χ1n) is 7.83. The first kappa shape index (κ1) is 19.3. The second-order valence-electron chi connectivity index (χ2n) is 5.72. The average molecular weight is 411 g/mol. The number of amides is 1. The van der Waals surface area contributed by atoms with Crippen LogP contribution >= 0.6 is 11.6 Å². The number of anilines is 1. The van der Waals surface area contributed by atoms with Crippen molar-refractivity contribution >= 4 is 39.3 Å². The number of fused-ring (bicyclic) bond motifs is 1. The fourth-order valence-corrected chi connectivity index (χ4v) is 3.21. The zero-order chi connectivity index (χ0) is 19.6. The first-order valence-corrected chi connectivity index (χ1v) is 9.58. The molecule has 0 fully saturated rings. The van der Waals surface area contributed by atoms with Gasteiger partial charge < -0.3 is 10.0 Å². The van der Waals surface area contributed by atoms with Crippen LogP contribution < -0.4 is 4.90 Å². The molecule has 142 valence electrons. The smallest absolute Gasteiger partial charge is 0.392 e. The lowest BCUT2D eigenvalue weighted by Crippen LogP contribution is -2.38. The molecule has 0 saturated carbocycles. The van der Waals surface area contributed by atoms with Gasteiger partial charge in [-0.15, -0.1) is 0 Å². The van der Waals surface area contributed by atoms with E-state index in [2.05, 4.69) is 9.44 Å². The summed E-state index contributed by atoms with van der Waals surface area (Å²) in [6.07, 6.45) is 0.192. The van der Waals surface area contributed by atoms with Gasteiger partial charge in [0, 0.05) is 29.1 Å². The van der Waals surface area contributed by atoms with E-state index in [4.69, 9.17) is 16.2 Å². The molecule has 1 heterocycles. The van der Waals surface area contributed by atoms with Gasteiger partial charge in [-0.1, -0.05) is 35.0 Å². The number of hydrogen-bond acceptors (Lipinski definition) is 6. The lowest BCUT2D eigenvalue weighted by atomic mass is 9.98. The van der Waals surface area contributed by atoms with E-state index in [1.54, 1.807) is 42.5 Å². The number of nitrogens with zero attached hydrogens (tertiary/aromatic N) is 2. The van der Waals surface area contributed by atoms with Gasteiger partial charge in [0.25, 0.3) is 5.91 Å². The highest BCUT2D eigenvalue weighted by Crippen LogP contribution is 2.32. The van der Waals surface area contributed by atoms with E-state index in [9.17, 15) is 18.3 Å². The molecule has 1 aliphatic heterocycles. The first-order chi connectivity index (χ1) is 12.8. The van der Waals surface area contributed by atoms with Crippen molar-refractivity contribution in [3.05, 3.63) is 64.2 Å². The van der Waals surface area contributed by atoms with E-state index < -0.39 is 10.4 Å². The Morgan fingerprint density at radius 2 is 2.00 bits per heavy atom. The fourth-order valence-electron chi connectivity index (χ4n) is 2.86. The molecule has 2 aromatic carbocycles. The zero-order valence-electron chi connectivity index (χ0n) is 13.9. The molecule has 0 aromatic heterocycles. The van der Waals surface area contributed by atoms with Crippen LogP contribution in [-0.2, 0) is 21.3 Å². The minimum atomic E-state index is -4.74. The fraction of sp³-hybridized carbons (Fsp3) is 0.176. The van der Waals surface area contributed by atoms with Crippen LogP contribution in [0, 0.1) is 0 Å². The third-order valence-corrected chi connectivity index (χ3v) is 4.54. The van der Waals surface area contributed by atoms with Crippen molar-refractivity contribution < 1.29 is 27.2 Å². The maximum Gasteiger partial charge on any atom is 0.466 e. The molecule has 1 aliphatic rings. The van der Waals surface area contributed by atoms with Crippen LogP contribution in [0.1, 0.15) is 27.9 Å². The van der Waals surface area contributed by atoms with Crippen molar-refractivity contribution in [2.24, 2.45) is 5.16 Å². The Bertz CT molecular complexity index is 1020. The number of hydrogen-bond donors (Lipinski definition) is 2. The predicted octanol–water partition coefficient (Wildman–Crippen LogP) is 2.41. The Labute approximate surface area is 160 Å². The van der Waals surface area contributed by atoms with E-state index >= 15 is 0 Å². The Morgan fingerprint density at radius 3 is 2.70 bits per heavy atom. The number of carbonyl (C=O) groups is 1. The van der Waals surface area contributed by atoms with Gasteiger partial charge in [0.1, 0.15) is 0 Å². The van der Waals surface area contributed by atoms with Gasteiger partial charge in [0.15, 0.2) is 0 Å². The summed E-state index contributed by atoms with van der Waals surface area (Å²) in [4.78, 5) is 14.5. The molecule has 2 aromatic rings. The van der Waals surface area contributed by atoms with E-state index in [-0.39, 0.29) is 31.2 Å². The minimum Gasteiger partial charge on any atom is -0.392 e. The summed E-state index contributed by atoms with van der Waals surface area (Å²) in [5.74, 6) is -0.335. The molecule has 0 saturated heterocycles. The van der Waals surface area contributed by atoms with E-state index in [1.165, 1.54) is 4.90 Å². The number of oxime groups is 1. The molecule has 27 heavy (non-hydrogen) atoms. The summed E-state index contributed by atoms with van der Waals surface area (Å²) in [6.45, 7) is -0.104. The highest BCUT2D eigenvalue weighted by atomic mass is 35.5. The summed E-state index contributed by atoms with van der Waals surface area (Å²) in [7, 11) is -4.74. The van der Waals surface area contributed by atoms with Gasteiger partial charge in [0.05, 0.1) is 18.0 Å². The number of carbonyl (C=O) groups excluding carboxylic acids is 1. The number of rotatable bonds is 4. The van der Waals surface area contributed by atoms with Gasteiger partial charge in [-0.2, -0.15) is 8.42 Å². The molecule has 1 amide bonds. The molecule has 0 atom stereocenters. The lowest BCUT2D eigenvalue weighted by molar-refractivity contribution is 0.0984. The van der Waals surface area contributed by atoms with Gasteiger partial charge >= 0.3 is 10.4 Å². The molecule has 0 aliphatic carbocycles. The molecule has 0 bridgehead atoms. The molecule has 0 unspecified atom stereocenters. The van der Waals surface area contributed by atoms with Crippen LogP contribution in [0.15, 0.2) is 47.6 Å². The topological polar surface area (TPSA) is 116 Å². The van der Waals surface area contributed by atoms with Crippen LogP contribution in [0.2, 0.25) is 5.02 Å². The van der Waals surface area contributed by atoms with E-state index in [0.29, 0.717) is 27.4 Å². The summed E-state index contributed by atoms with van der Waals surface area (Å²) >= 11 is 6.06. The zero-order valence-corrected chi connectivity index (χ0v) is 15.4. The van der Waals surface area contributed by atoms with Crippen LogP contribution in [0.25, 0.3) is 0 Å². The third kappa shape index (κ3) is 4.28. The second kappa shape index (κ2) is 7.65. The summed E-state index contributed by atoms with van der Waals surface area (Å²) < 4.78 is 34.4. The van der Waals surface area contributed by atoms with Crippen LogP contribution in [0.3, 0.4) is 0 Å². The lowest BCUT2D eigenvalue weighted by Gasteiger charge is -2.30. The summed E-state index contributed by atoms with van der Waals surface area (Å²) in [6, 6.07) is 11.4. The number of halogens is 1. The van der Waals surface area contributed by atoms with Crippen molar-refractivity contribution in [2.75, 3.05) is 11.4 Å². The minimum absolute atomic E-state index is 0.180. The molecule has 0 radical (unpaired) electrons. The number of aliphatic hydroxyl groups excluding tert-OH is 1. The molecular weight excluding hydrogens is 396 g/mol. The average Bonchev–Trinajstić information content (AvgIpc) is 2.64. The van der Waals surface area contributed by atoms with Gasteiger partial charge in [-0.3, -0.25) is 9.35 Å². The van der Waals surface area contributed by atoms with Crippen LogP contribution in [-0.4, -0.2) is 36.2 Å².